The Hall–Kier alpha value is -0.850. The summed E-state index contributed by atoms with van der Waals surface area (Å²) in [4.78, 5) is 11.1. The molecule has 0 bridgehead atoms. The average Bonchev–Trinajstić information content (AvgIpc) is 2.31. The summed E-state index contributed by atoms with van der Waals surface area (Å²) in [5.41, 5.74) is 2.25. The Morgan fingerprint density at radius 1 is 1.36 bits per heavy atom. The Morgan fingerprint density at radius 2 is 2.09 bits per heavy atom. The zero-order valence-electron chi connectivity index (χ0n) is 7.18. The highest BCUT2D eigenvalue weighted by molar-refractivity contribution is 5.97. The predicted octanol–water partition coefficient (Wildman–Crippen LogP) is 2.63. The van der Waals surface area contributed by atoms with Crippen molar-refractivity contribution in [3.8, 4) is 0 Å². The van der Waals surface area contributed by atoms with E-state index >= 15 is 0 Å². The molecule has 1 nitrogen and oxygen atoms in total. The first kappa shape index (κ1) is 8.25. The van der Waals surface area contributed by atoms with Crippen LogP contribution in [0.3, 0.4) is 0 Å². The van der Waals surface area contributed by atoms with E-state index in [9.17, 15) is 4.79 Å². The van der Waals surface area contributed by atoms with Gasteiger partial charge in [-0.15, -0.1) is 0 Å². The zero-order chi connectivity index (χ0) is 8.27. The van der Waals surface area contributed by atoms with Crippen molar-refractivity contribution in [2.75, 3.05) is 0 Å². The van der Waals surface area contributed by atoms with E-state index < -0.39 is 0 Å². The molecule has 0 heterocycles. The van der Waals surface area contributed by atoms with E-state index in [1.54, 1.807) is 0 Å². The molecule has 0 atom stereocenters. The van der Waals surface area contributed by atoms with Crippen molar-refractivity contribution in [3.63, 3.8) is 0 Å². The molecule has 0 N–H and O–H groups in total. The Kier molecular flexibility index (Phi) is 2.64. The van der Waals surface area contributed by atoms with Gasteiger partial charge in [0.2, 0.25) is 0 Å². The molecule has 0 amide bonds. The van der Waals surface area contributed by atoms with Crippen molar-refractivity contribution in [1.82, 2.24) is 0 Å². The van der Waals surface area contributed by atoms with E-state index in [-0.39, 0.29) is 0 Å². The van der Waals surface area contributed by atoms with E-state index in [0.29, 0.717) is 5.78 Å². The molecule has 0 aromatic rings. The molecule has 1 aliphatic carbocycles. The van der Waals surface area contributed by atoms with Crippen molar-refractivity contribution in [2.45, 2.75) is 33.1 Å². The highest BCUT2D eigenvalue weighted by Crippen LogP contribution is 2.20. The van der Waals surface area contributed by atoms with Crippen molar-refractivity contribution < 1.29 is 4.79 Å². The van der Waals surface area contributed by atoms with Crippen LogP contribution in [-0.2, 0) is 4.79 Å². The second-order valence-corrected chi connectivity index (χ2v) is 3.21. The monoisotopic (exact) mass is 150 g/mol. The van der Waals surface area contributed by atoms with Crippen LogP contribution in [0.2, 0.25) is 0 Å². The third-order valence-corrected chi connectivity index (χ3v) is 1.83. The molecule has 1 heteroatoms. The van der Waals surface area contributed by atoms with Crippen LogP contribution in [0.15, 0.2) is 23.3 Å². The van der Waals surface area contributed by atoms with E-state index in [2.05, 4.69) is 0 Å². The van der Waals surface area contributed by atoms with Crippen LogP contribution >= 0.6 is 0 Å². The fourth-order valence-corrected chi connectivity index (χ4v) is 1.18. The maximum absolute atomic E-state index is 11.1. The number of ketones is 1. The van der Waals surface area contributed by atoms with Crippen LogP contribution in [0, 0.1) is 0 Å². The van der Waals surface area contributed by atoms with Crippen LogP contribution in [-0.4, -0.2) is 5.78 Å². The average molecular weight is 150 g/mol. The summed E-state index contributed by atoms with van der Waals surface area (Å²) in [6, 6.07) is 0. The number of Topliss-reactive ketones (excluding diaryl/α,β-unsaturated/α-hetero) is 1. The fraction of sp³-hybridized carbons (Fsp3) is 0.500. The van der Waals surface area contributed by atoms with E-state index in [4.69, 9.17) is 0 Å². The first-order valence-corrected chi connectivity index (χ1v) is 4.07. The number of carbonyl (C=O) groups is 1. The third kappa shape index (κ3) is 2.34. The van der Waals surface area contributed by atoms with E-state index in [0.717, 1.165) is 24.8 Å². The predicted molar refractivity (Wildman–Crippen MR) is 46.4 cm³/mol. The van der Waals surface area contributed by atoms with Crippen molar-refractivity contribution in [3.05, 3.63) is 23.3 Å². The van der Waals surface area contributed by atoms with E-state index in [1.807, 2.05) is 26.0 Å². The molecule has 0 saturated heterocycles. The van der Waals surface area contributed by atoms with Gasteiger partial charge in [-0.05, 0) is 32.3 Å². The number of rotatable bonds is 1. The lowest BCUT2D eigenvalue weighted by molar-refractivity contribution is -0.114. The molecule has 0 unspecified atom stereocenters. The highest BCUT2D eigenvalue weighted by Gasteiger charge is 2.15. The van der Waals surface area contributed by atoms with Gasteiger partial charge < -0.3 is 0 Å². The molecule has 11 heavy (non-hydrogen) atoms. The number of hydrogen-bond donors (Lipinski definition) is 0. The van der Waals surface area contributed by atoms with Crippen molar-refractivity contribution >= 4 is 5.78 Å². The highest BCUT2D eigenvalue weighted by atomic mass is 16.1. The first-order valence-electron chi connectivity index (χ1n) is 4.07. The molecule has 1 rings (SSSR count). The molecule has 1 fully saturated rings. The van der Waals surface area contributed by atoms with Crippen LogP contribution in [0.1, 0.15) is 33.1 Å². The van der Waals surface area contributed by atoms with Crippen molar-refractivity contribution in [2.24, 2.45) is 0 Å². The molecule has 1 aliphatic rings. The lowest BCUT2D eigenvalue weighted by Gasteiger charge is -1.89. The molecule has 0 aromatic heterocycles. The molecular formula is C10H14O. The standard InChI is InChI=1S/C10H14O/c1-8(2)6-7-9-4-3-5-10(9)11/h6-7H,3-5H2,1-2H3. The maximum atomic E-state index is 11.1. The lowest BCUT2D eigenvalue weighted by atomic mass is 10.2. The van der Waals surface area contributed by atoms with Gasteiger partial charge in [-0.2, -0.15) is 0 Å². The summed E-state index contributed by atoms with van der Waals surface area (Å²) in [5, 5.41) is 0. The lowest BCUT2D eigenvalue weighted by Crippen LogP contribution is -1.89. The molecule has 0 radical (unpaired) electrons. The number of carbonyl (C=O) groups excluding carboxylic acids is 1. The molecule has 0 spiro atoms. The molecule has 1 saturated carbocycles. The number of allylic oxidation sites excluding steroid dienone is 4. The van der Waals surface area contributed by atoms with Crippen LogP contribution in [0.4, 0.5) is 0 Å². The molecule has 60 valence electrons. The van der Waals surface area contributed by atoms with Gasteiger partial charge >= 0.3 is 0 Å². The summed E-state index contributed by atoms with van der Waals surface area (Å²) >= 11 is 0. The van der Waals surface area contributed by atoms with Crippen LogP contribution < -0.4 is 0 Å². The van der Waals surface area contributed by atoms with Gasteiger partial charge in [-0.25, -0.2) is 0 Å². The summed E-state index contributed by atoms with van der Waals surface area (Å²) < 4.78 is 0. The van der Waals surface area contributed by atoms with Gasteiger partial charge in [0, 0.05) is 6.42 Å². The minimum Gasteiger partial charge on any atom is -0.295 e. The van der Waals surface area contributed by atoms with Gasteiger partial charge in [-0.1, -0.05) is 17.7 Å². The second kappa shape index (κ2) is 3.51. The zero-order valence-corrected chi connectivity index (χ0v) is 7.18. The van der Waals surface area contributed by atoms with Crippen molar-refractivity contribution in [1.29, 1.82) is 0 Å². The van der Waals surface area contributed by atoms with Gasteiger partial charge in [-0.3, -0.25) is 4.79 Å². The second-order valence-electron chi connectivity index (χ2n) is 3.21. The summed E-state index contributed by atoms with van der Waals surface area (Å²) in [6.45, 7) is 4.08. The summed E-state index contributed by atoms with van der Waals surface area (Å²) in [6.07, 6.45) is 6.75. The number of hydrogen-bond acceptors (Lipinski definition) is 1. The fourth-order valence-electron chi connectivity index (χ4n) is 1.18. The minimum atomic E-state index is 0.336. The molecular weight excluding hydrogens is 136 g/mol. The topological polar surface area (TPSA) is 17.1 Å². The van der Waals surface area contributed by atoms with Gasteiger partial charge in [0.15, 0.2) is 5.78 Å². The quantitative estimate of drug-likeness (QED) is 0.525. The smallest absolute Gasteiger partial charge is 0.158 e. The van der Waals surface area contributed by atoms with Crippen LogP contribution in [0.5, 0.6) is 0 Å². The summed E-state index contributed by atoms with van der Waals surface area (Å²) in [7, 11) is 0. The SMILES string of the molecule is CC(C)=CC=C1CCCC1=O. The Morgan fingerprint density at radius 3 is 2.55 bits per heavy atom. The van der Waals surface area contributed by atoms with Gasteiger partial charge in [0.05, 0.1) is 0 Å². The Balaban J connectivity index is 2.66. The van der Waals surface area contributed by atoms with Gasteiger partial charge in [0.25, 0.3) is 0 Å². The maximum Gasteiger partial charge on any atom is 0.158 e. The Bertz CT molecular complexity index is 217. The largest absolute Gasteiger partial charge is 0.295 e. The summed E-state index contributed by atoms with van der Waals surface area (Å²) in [5.74, 6) is 0.336. The van der Waals surface area contributed by atoms with Gasteiger partial charge in [0.1, 0.15) is 0 Å². The van der Waals surface area contributed by atoms with E-state index in [1.165, 1.54) is 5.57 Å². The van der Waals surface area contributed by atoms with Crippen LogP contribution in [0.25, 0.3) is 0 Å². The molecule has 0 aliphatic heterocycles. The minimum absolute atomic E-state index is 0.336. The Labute approximate surface area is 67.8 Å². The molecule has 0 aromatic carbocycles. The normalized spacial score (nSPS) is 20.9. The first-order chi connectivity index (χ1) is 5.20. The third-order valence-electron chi connectivity index (χ3n) is 1.83.